The fourth-order valence-electron chi connectivity index (χ4n) is 5.12. The smallest absolute Gasteiger partial charge is 0.415 e. The first-order chi connectivity index (χ1) is 19.6. The number of fused-ring (bicyclic) bond motifs is 2. The van der Waals surface area contributed by atoms with E-state index < -0.39 is 18.1 Å². The molecule has 40 heavy (non-hydrogen) atoms. The molecule has 1 N–H and O–H groups in total. The van der Waals surface area contributed by atoms with Crippen molar-refractivity contribution in [2.75, 3.05) is 31.2 Å². The summed E-state index contributed by atoms with van der Waals surface area (Å²) >= 11 is 0. The first-order valence-corrected chi connectivity index (χ1v) is 13.0. The van der Waals surface area contributed by atoms with Gasteiger partial charge in [-0.2, -0.15) is 5.10 Å². The Hall–Kier alpha value is -5.09. The number of anilines is 1. The third-order valence-corrected chi connectivity index (χ3v) is 7.08. The summed E-state index contributed by atoms with van der Waals surface area (Å²) in [6.07, 6.45) is 3.97. The molecule has 10 heteroatoms. The third-order valence-electron chi connectivity index (χ3n) is 7.08. The van der Waals surface area contributed by atoms with Crippen molar-refractivity contribution < 1.29 is 19.1 Å². The van der Waals surface area contributed by atoms with Gasteiger partial charge in [0.2, 0.25) is 6.10 Å². The summed E-state index contributed by atoms with van der Waals surface area (Å²) in [5.41, 5.74) is 6.39. The molecule has 5 aromatic rings. The van der Waals surface area contributed by atoms with Crippen LogP contribution in [0.2, 0.25) is 0 Å². The van der Waals surface area contributed by atoms with E-state index in [9.17, 15) is 9.59 Å². The number of cyclic esters (lactones) is 1. The van der Waals surface area contributed by atoms with Crippen LogP contribution in [0.3, 0.4) is 0 Å². The van der Waals surface area contributed by atoms with E-state index in [1.807, 2.05) is 65.2 Å². The van der Waals surface area contributed by atoms with Gasteiger partial charge in [-0.1, -0.05) is 48.5 Å². The second-order valence-electron chi connectivity index (χ2n) is 9.56. The molecule has 0 aliphatic carbocycles. The lowest BCUT2D eigenvalue weighted by Gasteiger charge is -2.28. The van der Waals surface area contributed by atoms with E-state index in [0.717, 1.165) is 58.0 Å². The van der Waals surface area contributed by atoms with Crippen molar-refractivity contribution in [3.63, 3.8) is 0 Å². The van der Waals surface area contributed by atoms with Crippen molar-refractivity contribution in [1.29, 1.82) is 0 Å². The number of benzene rings is 2. The fraction of sp³-hybridized carbons (Fsp3) is 0.167. The highest BCUT2D eigenvalue weighted by molar-refractivity contribution is 6.00. The van der Waals surface area contributed by atoms with Gasteiger partial charge < -0.3 is 14.4 Å². The first kappa shape index (κ1) is 24.0. The SMILES string of the molecule is O=C1NC(=O)C(c2ccc(-c3c(C=Cc4ccc5ccccc5n4)nc4c(N5CCOCC5)ccnn34)cc2)O1. The molecule has 3 aromatic heterocycles. The molecule has 2 fully saturated rings. The molecule has 5 heterocycles. The number of pyridine rings is 1. The maximum atomic E-state index is 12.1. The maximum Gasteiger partial charge on any atom is 0.415 e. The highest BCUT2D eigenvalue weighted by Crippen LogP contribution is 2.32. The van der Waals surface area contributed by atoms with Crippen molar-refractivity contribution in [3.8, 4) is 11.3 Å². The molecule has 2 aromatic carbocycles. The number of para-hydroxylation sites is 1. The molecule has 198 valence electrons. The van der Waals surface area contributed by atoms with Gasteiger partial charge in [-0.25, -0.2) is 19.3 Å². The van der Waals surface area contributed by atoms with Crippen molar-refractivity contribution in [3.05, 3.63) is 89.9 Å². The Labute approximate surface area is 228 Å². The van der Waals surface area contributed by atoms with E-state index in [2.05, 4.69) is 21.4 Å². The minimum atomic E-state index is -0.965. The van der Waals surface area contributed by atoms with Crippen LogP contribution >= 0.6 is 0 Å². The van der Waals surface area contributed by atoms with Crippen LogP contribution in [-0.2, 0) is 14.3 Å². The largest absolute Gasteiger partial charge is 0.431 e. The lowest BCUT2D eigenvalue weighted by atomic mass is 10.0. The summed E-state index contributed by atoms with van der Waals surface area (Å²) in [4.78, 5) is 35.7. The number of alkyl carbamates (subject to hydrolysis) is 1. The summed E-state index contributed by atoms with van der Waals surface area (Å²) in [7, 11) is 0. The number of rotatable bonds is 5. The van der Waals surface area contributed by atoms with Crippen molar-refractivity contribution in [2.45, 2.75) is 6.10 Å². The fourth-order valence-corrected chi connectivity index (χ4v) is 5.12. The van der Waals surface area contributed by atoms with Crippen LogP contribution in [0, 0.1) is 0 Å². The zero-order valence-corrected chi connectivity index (χ0v) is 21.4. The number of morpholine rings is 1. The number of nitrogens with one attached hydrogen (secondary N) is 1. The number of nitrogens with zero attached hydrogens (tertiary/aromatic N) is 5. The van der Waals surface area contributed by atoms with Crippen LogP contribution in [0.15, 0.2) is 72.9 Å². The summed E-state index contributed by atoms with van der Waals surface area (Å²) in [6.45, 7) is 2.85. The van der Waals surface area contributed by atoms with Gasteiger partial charge in [-0.05, 0) is 30.4 Å². The zero-order valence-electron chi connectivity index (χ0n) is 21.4. The lowest BCUT2D eigenvalue weighted by molar-refractivity contribution is -0.123. The molecule has 0 saturated carbocycles. The van der Waals surface area contributed by atoms with E-state index in [-0.39, 0.29) is 0 Å². The minimum Gasteiger partial charge on any atom is -0.431 e. The molecule has 1 unspecified atom stereocenters. The van der Waals surface area contributed by atoms with Gasteiger partial charge >= 0.3 is 6.09 Å². The predicted octanol–water partition coefficient (Wildman–Crippen LogP) is 4.26. The number of hydrogen-bond acceptors (Lipinski definition) is 8. The van der Waals surface area contributed by atoms with Gasteiger partial charge in [0, 0.05) is 29.6 Å². The number of ether oxygens (including phenoxy) is 2. The maximum absolute atomic E-state index is 12.1. The highest BCUT2D eigenvalue weighted by atomic mass is 16.6. The van der Waals surface area contributed by atoms with Gasteiger partial charge in [-0.3, -0.25) is 10.1 Å². The Morgan fingerprint density at radius 2 is 1.73 bits per heavy atom. The van der Waals surface area contributed by atoms with E-state index >= 15 is 0 Å². The van der Waals surface area contributed by atoms with Gasteiger partial charge in [0.25, 0.3) is 5.91 Å². The zero-order chi connectivity index (χ0) is 27.1. The quantitative estimate of drug-likeness (QED) is 0.358. The monoisotopic (exact) mass is 532 g/mol. The molecular formula is C30H24N6O4. The van der Waals surface area contributed by atoms with Crippen LogP contribution in [0.4, 0.5) is 10.5 Å². The number of carbonyl (C=O) groups excluding carboxylic acids is 2. The predicted molar refractivity (Wildman–Crippen MR) is 149 cm³/mol. The van der Waals surface area contributed by atoms with E-state index in [0.29, 0.717) is 18.8 Å². The van der Waals surface area contributed by atoms with Crippen LogP contribution in [0.5, 0.6) is 0 Å². The van der Waals surface area contributed by atoms with E-state index in [1.54, 1.807) is 18.3 Å². The van der Waals surface area contributed by atoms with Crippen LogP contribution in [0.1, 0.15) is 23.1 Å². The Bertz CT molecular complexity index is 1790. The molecule has 2 aliphatic heterocycles. The average molecular weight is 533 g/mol. The lowest BCUT2D eigenvalue weighted by Crippen LogP contribution is -2.36. The van der Waals surface area contributed by atoms with Crippen molar-refractivity contribution >= 4 is 46.4 Å². The van der Waals surface area contributed by atoms with Crippen molar-refractivity contribution in [1.82, 2.24) is 24.9 Å². The van der Waals surface area contributed by atoms with Crippen LogP contribution < -0.4 is 10.2 Å². The second kappa shape index (κ2) is 9.90. The number of imidazole rings is 1. The Morgan fingerprint density at radius 1 is 0.900 bits per heavy atom. The summed E-state index contributed by atoms with van der Waals surface area (Å²) in [5.74, 6) is -0.476. The number of hydrogen-bond donors (Lipinski definition) is 1. The molecule has 10 nitrogen and oxygen atoms in total. The molecule has 7 rings (SSSR count). The van der Waals surface area contributed by atoms with Gasteiger partial charge in [0.1, 0.15) is 5.69 Å². The Kier molecular flexibility index (Phi) is 5.94. The highest BCUT2D eigenvalue weighted by Gasteiger charge is 2.33. The number of amides is 2. The van der Waals surface area contributed by atoms with Gasteiger partial charge in [-0.15, -0.1) is 0 Å². The summed E-state index contributed by atoms with van der Waals surface area (Å²) in [6, 6.07) is 21.3. The average Bonchev–Trinajstić information content (AvgIpc) is 3.55. The second-order valence-corrected chi connectivity index (χ2v) is 9.56. The van der Waals surface area contributed by atoms with E-state index in [1.165, 1.54) is 0 Å². The van der Waals surface area contributed by atoms with Crippen LogP contribution in [0.25, 0.3) is 40.0 Å². The van der Waals surface area contributed by atoms with Crippen molar-refractivity contribution in [2.24, 2.45) is 0 Å². The molecule has 0 bridgehead atoms. The molecule has 2 saturated heterocycles. The summed E-state index contributed by atoms with van der Waals surface area (Å²) in [5, 5.41) is 7.91. The molecular weight excluding hydrogens is 508 g/mol. The molecule has 2 amide bonds. The molecule has 0 spiro atoms. The van der Waals surface area contributed by atoms with E-state index in [4.69, 9.17) is 19.4 Å². The Balaban J connectivity index is 1.32. The third kappa shape index (κ3) is 4.34. The van der Waals surface area contributed by atoms with Gasteiger partial charge in [0.05, 0.1) is 42.0 Å². The number of aromatic nitrogens is 4. The molecule has 2 aliphatic rings. The molecule has 0 radical (unpaired) electrons. The minimum absolute atomic E-state index is 0.476. The number of carbonyl (C=O) groups is 2. The normalized spacial score (nSPS) is 17.6. The Morgan fingerprint density at radius 3 is 2.52 bits per heavy atom. The summed E-state index contributed by atoms with van der Waals surface area (Å²) < 4.78 is 12.5. The first-order valence-electron chi connectivity index (χ1n) is 13.0. The molecule has 1 atom stereocenters. The van der Waals surface area contributed by atoms with Crippen LogP contribution in [-0.4, -0.2) is 57.9 Å². The topological polar surface area (TPSA) is 111 Å². The van der Waals surface area contributed by atoms with Gasteiger partial charge in [0.15, 0.2) is 5.65 Å². The standard InChI is InChI=1S/C30H24N6O4/c37-29-27(40-30(38)34-29)21-7-5-20(6-8-21)26-24(12-11-22-10-9-19-3-1-2-4-23(19)32-22)33-28-25(13-14-31-36(26)28)35-15-17-39-18-16-35/h1-14,27H,15-18H2,(H,34,37,38). The number of imide groups is 1.